The summed E-state index contributed by atoms with van der Waals surface area (Å²) in [5, 5.41) is 3.57. The van der Waals surface area contributed by atoms with Crippen LogP contribution in [0.3, 0.4) is 0 Å². The van der Waals surface area contributed by atoms with Crippen molar-refractivity contribution in [3.63, 3.8) is 0 Å². The van der Waals surface area contributed by atoms with E-state index in [2.05, 4.69) is 21.2 Å². The Bertz CT molecular complexity index is 1160. The topological polar surface area (TPSA) is 86.8 Å². The smallest absolute Gasteiger partial charge is 0.244 e. The van der Waals surface area contributed by atoms with Gasteiger partial charge in [-0.15, -0.1) is 0 Å². The number of hydrogen-bond donors (Lipinski definition) is 1. The van der Waals surface area contributed by atoms with E-state index in [0.717, 1.165) is 10.6 Å². The molecule has 11 heteroatoms. The number of benzene rings is 2. The van der Waals surface area contributed by atoms with E-state index >= 15 is 0 Å². The minimum atomic E-state index is -3.80. The Morgan fingerprint density at radius 2 is 1.77 bits per heavy atom. The molecule has 35 heavy (non-hydrogen) atoms. The second-order valence-corrected chi connectivity index (χ2v) is 12.2. The predicted molar refractivity (Wildman–Crippen MR) is 145 cm³/mol. The fourth-order valence-electron chi connectivity index (χ4n) is 3.42. The predicted octanol–water partition coefficient (Wildman–Crippen LogP) is 5.10. The molecule has 0 aliphatic heterocycles. The highest BCUT2D eigenvalue weighted by molar-refractivity contribution is 9.10. The summed E-state index contributed by atoms with van der Waals surface area (Å²) in [4.78, 5) is 28.1. The lowest BCUT2D eigenvalue weighted by atomic mass is 10.1. The normalized spacial score (nSPS) is 12.3. The molecule has 192 valence electrons. The summed E-state index contributed by atoms with van der Waals surface area (Å²) in [6.45, 7) is 5.79. The molecule has 2 aromatic carbocycles. The third kappa shape index (κ3) is 8.66. The average Bonchev–Trinajstić information content (AvgIpc) is 2.77. The number of amides is 2. The first-order valence-electron chi connectivity index (χ1n) is 11.1. The standard InChI is InChI=1S/C24H30BrCl2N3O4S/c1-5-22(24(32)28-13-16(2)3)29(14-17-9-10-20(26)21(27)11-17)23(31)15-30(35(4,33)34)19-8-6-7-18(25)12-19/h6-12,16,22H,5,13-15H2,1-4H3,(H,28,32)/t22-/m0/s1. The molecular weight excluding hydrogens is 577 g/mol. The van der Waals surface area contributed by atoms with Crippen LogP contribution in [0.5, 0.6) is 0 Å². The highest BCUT2D eigenvalue weighted by Gasteiger charge is 2.31. The van der Waals surface area contributed by atoms with E-state index in [9.17, 15) is 18.0 Å². The molecule has 0 radical (unpaired) electrons. The van der Waals surface area contributed by atoms with E-state index in [1.807, 2.05) is 13.8 Å². The zero-order valence-electron chi connectivity index (χ0n) is 20.1. The van der Waals surface area contributed by atoms with Gasteiger partial charge in [-0.05, 0) is 48.2 Å². The maximum Gasteiger partial charge on any atom is 0.244 e. The van der Waals surface area contributed by atoms with Crippen LogP contribution < -0.4 is 9.62 Å². The van der Waals surface area contributed by atoms with Crippen molar-refractivity contribution in [3.8, 4) is 0 Å². The van der Waals surface area contributed by atoms with E-state index in [-0.39, 0.29) is 18.4 Å². The highest BCUT2D eigenvalue weighted by Crippen LogP contribution is 2.25. The van der Waals surface area contributed by atoms with Crippen molar-refractivity contribution in [3.05, 3.63) is 62.5 Å². The van der Waals surface area contributed by atoms with Crippen molar-refractivity contribution in [2.24, 2.45) is 5.92 Å². The van der Waals surface area contributed by atoms with Crippen molar-refractivity contribution < 1.29 is 18.0 Å². The number of anilines is 1. The minimum Gasteiger partial charge on any atom is -0.354 e. The van der Waals surface area contributed by atoms with Crippen LogP contribution in [-0.4, -0.2) is 50.5 Å². The Kier molecular flexibility index (Phi) is 10.9. The van der Waals surface area contributed by atoms with E-state index in [4.69, 9.17) is 23.2 Å². The molecule has 0 bridgehead atoms. The maximum atomic E-state index is 13.6. The number of sulfonamides is 1. The molecule has 0 aliphatic rings. The Hall–Kier alpha value is -1.81. The number of hydrogen-bond acceptors (Lipinski definition) is 4. The lowest BCUT2D eigenvalue weighted by Crippen LogP contribution is -2.52. The number of nitrogens with zero attached hydrogens (tertiary/aromatic N) is 2. The minimum absolute atomic E-state index is 0.0550. The zero-order chi connectivity index (χ0) is 26.3. The molecular formula is C24H30BrCl2N3O4S. The van der Waals surface area contributed by atoms with Gasteiger partial charge in [-0.3, -0.25) is 13.9 Å². The highest BCUT2D eigenvalue weighted by atomic mass is 79.9. The van der Waals surface area contributed by atoms with Gasteiger partial charge in [0, 0.05) is 17.6 Å². The van der Waals surface area contributed by atoms with Crippen molar-refractivity contribution in [2.75, 3.05) is 23.7 Å². The molecule has 1 N–H and O–H groups in total. The van der Waals surface area contributed by atoms with Crippen LogP contribution in [0.1, 0.15) is 32.8 Å². The zero-order valence-corrected chi connectivity index (χ0v) is 24.0. The average molecular weight is 607 g/mol. The fourth-order valence-corrected chi connectivity index (χ4v) is 4.97. The van der Waals surface area contributed by atoms with Crippen molar-refractivity contribution >= 4 is 66.7 Å². The van der Waals surface area contributed by atoms with Gasteiger partial charge in [0.05, 0.1) is 22.0 Å². The first kappa shape index (κ1) is 29.4. The Labute approximate surface area is 225 Å². The number of halogens is 3. The molecule has 1 atom stereocenters. The second kappa shape index (κ2) is 12.9. The van der Waals surface area contributed by atoms with Gasteiger partial charge in [-0.1, -0.05) is 72.0 Å². The van der Waals surface area contributed by atoms with Gasteiger partial charge in [-0.25, -0.2) is 8.42 Å². The first-order valence-corrected chi connectivity index (χ1v) is 14.5. The van der Waals surface area contributed by atoms with Gasteiger partial charge in [0.25, 0.3) is 0 Å². The maximum absolute atomic E-state index is 13.6. The van der Waals surface area contributed by atoms with Crippen LogP contribution in [0, 0.1) is 5.92 Å². The van der Waals surface area contributed by atoms with Gasteiger partial charge >= 0.3 is 0 Å². The lowest BCUT2D eigenvalue weighted by molar-refractivity contribution is -0.140. The molecule has 0 heterocycles. The van der Waals surface area contributed by atoms with E-state index in [1.54, 1.807) is 49.4 Å². The molecule has 0 unspecified atom stereocenters. The summed E-state index contributed by atoms with van der Waals surface area (Å²) in [5.74, 6) is -0.594. The Balaban J connectivity index is 2.44. The molecule has 2 aromatic rings. The molecule has 0 spiro atoms. The van der Waals surface area contributed by atoms with Crippen LogP contribution in [-0.2, 0) is 26.2 Å². The second-order valence-electron chi connectivity index (χ2n) is 8.58. The van der Waals surface area contributed by atoms with Crippen molar-refractivity contribution in [2.45, 2.75) is 39.8 Å². The summed E-state index contributed by atoms with van der Waals surface area (Å²) in [7, 11) is -3.80. The number of nitrogens with one attached hydrogen (secondary N) is 1. The van der Waals surface area contributed by atoms with Crippen molar-refractivity contribution in [1.82, 2.24) is 10.2 Å². The quantitative estimate of drug-likeness (QED) is 0.385. The lowest BCUT2D eigenvalue weighted by Gasteiger charge is -2.33. The molecule has 0 fully saturated rings. The van der Waals surface area contributed by atoms with Crippen LogP contribution in [0.25, 0.3) is 0 Å². The molecule has 7 nitrogen and oxygen atoms in total. The van der Waals surface area contributed by atoms with Crippen LogP contribution >= 0.6 is 39.1 Å². The molecule has 0 aliphatic carbocycles. The van der Waals surface area contributed by atoms with Crippen LogP contribution in [0.15, 0.2) is 46.9 Å². The van der Waals surface area contributed by atoms with Crippen LogP contribution in [0.4, 0.5) is 5.69 Å². The van der Waals surface area contributed by atoms with E-state index < -0.39 is 28.5 Å². The van der Waals surface area contributed by atoms with Crippen molar-refractivity contribution in [1.29, 1.82) is 0 Å². The SMILES string of the molecule is CC[C@@H](C(=O)NCC(C)C)N(Cc1ccc(Cl)c(Cl)c1)C(=O)CN(c1cccc(Br)c1)S(C)(=O)=O. The van der Waals surface area contributed by atoms with Gasteiger partial charge in [-0.2, -0.15) is 0 Å². The summed E-state index contributed by atoms with van der Waals surface area (Å²) < 4.78 is 26.9. The summed E-state index contributed by atoms with van der Waals surface area (Å²) in [5.41, 5.74) is 0.998. The van der Waals surface area contributed by atoms with Gasteiger partial charge in [0.1, 0.15) is 12.6 Å². The summed E-state index contributed by atoms with van der Waals surface area (Å²) in [6.07, 6.45) is 1.38. The van der Waals surface area contributed by atoms with Crippen LogP contribution in [0.2, 0.25) is 10.0 Å². The fraction of sp³-hybridized carbons (Fsp3) is 0.417. The Morgan fingerprint density at radius 3 is 2.31 bits per heavy atom. The Morgan fingerprint density at radius 1 is 1.09 bits per heavy atom. The summed E-state index contributed by atoms with van der Waals surface area (Å²) >= 11 is 15.5. The third-order valence-electron chi connectivity index (χ3n) is 5.18. The molecule has 2 rings (SSSR count). The molecule has 0 aromatic heterocycles. The molecule has 0 saturated heterocycles. The van der Waals surface area contributed by atoms with Gasteiger partial charge in [0.15, 0.2) is 0 Å². The monoisotopic (exact) mass is 605 g/mol. The van der Waals surface area contributed by atoms with E-state index in [0.29, 0.717) is 38.7 Å². The third-order valence-corrected chi connectivity index (χ3v) is 7.56. The molecule has 0 saturated carbocycles. The largest absolute Gasteiger partial charge is 0.354 e. The number of rotatable bonds is 11. The number of carbonyl (C=O) groups excluding carboxylic acids is 2. The first-order chi connectivity index (χ1) is 16.3. The number of carbonyl (C=O) groups is 2. The van der Waals surface area contributed by atoms with Gasteiger partial charge in [0.2, 0.25) is 21.8 Å². The summed E-state index contributed by atoms with van der Waals surface area (Å²) in [6, 6.07) is 10.8. The molecule has 2 amide bonds. The van der Waals surface area contributed by atoms with Gasteiger partial charge < -0.3 is 10.2 Å². The van der Waals surface area contributed by atoms with E-state index in [1.165, 1.54) is 4.90 Å².